The molecule has 6 heteroatoms. The number of benzene rings is 1. The lowest BCUT2D eigenvalue weighted by Gasteiger charge is -2.03. The van der Waals surface area contributed by atoms with E-state index in [2.05, 4.69) is 9.85 Å². The number of para-hydroxylation sites is 1. The van der Waals surface area contributed by atoms with Gasteiger partial charge in [0.2, 0.25) is 0 Å². The zero-order valence-corrected chi connectivity index (χ0v) is 6.66. The van der Waals surface area contributed by atoms with Crippen LogP contribution in [-0.4, -0.2) is 27.3 Å². The molecule has 0 atom stereocenters. The van der Waals surface area contributed by atoms with Crippen molar-refractivity contribution in [2.45, 2.75) is 0 Å². The Morgan fingerprint density at radius 3 is 2.85 bits per heavy atom. The van der Waals surface area contributed by atoms with Gasteiger partial charge in [-0.2, -0.15) is 0 Å². The Labute approximate surface area is 74.3 Å². The van der Waals surface area contributed by atoms with Crippen molar-refractivity contribution in [2.24, 2.45) is 0 Å². The molecule has 0 fully saturated rings. The van der Waals surface area contributed by atoms with Crippen LogP contribution in [0.4, 0.5) is 0 Å². The first-order chi connectivity index (χ1) is 6.27. The van der Waals surface area contributed by atoms with Crippen molar-refractivity contribution in [3.63, 3.8) is 0 Å². The van der Waals surface area contributed by atoms with Crippen molar-refractivity contribution in [1.29, 1.82) is 0 Å². The van der Waals surface area contributed by atoms with Crippen LogP contribution in [0, 0.1) is 0 Å². The largest absolute Gasteiger partial charge is 0.729 e. The van der Waals surface area contributed by atoms with Gasteiger partial charge in [-0.25, -0.2) is 0 Å². The van der Waals surface area contributed by atoms with Crippen molar-refractivity contribution in [3.05, 3.63) is 30.5 Å². The smallest absolute Gasteiger partial charge is 0.405 e. The lowest BCUT2D eigenvalue weighted by molar-refractivity contribution is 0.149. The summed E-state index contributed by atoms with van der Waals surface area (Å²) in [5.41, 5.74) is 0.690. The molecule has 0 aliphatic rings. The van der Waals surface area contributed by atoms with Gasteiger partial charge in [0.1, 0.15) is 5.52 Å². The van der Waals surface area contributed by atoms with E-state index < -0.39 is 7.32 Å². The average molecular weight is 178 g/mol. The molecule has 0 saturated carbocycles. The van der Waals surface area contributed by atoms with Gasteiger partial charge in [-0.15, -0.1) is 9.94 Å². The minimum atomic E-state index is -1.86. The van der Waals surface area contributed by atoms with Gasteiger partial charge in [0.15, 0.2) is 0 Å². The fourth-order valence-corrected chi connectivity index (χ4v) is 1.12. The molecule has 0 aliphatic carbocycles. The van der Waals surface area contributed by atoms with E-state index in [1.807, 2.05) is 18.2 Å². The fourth-order valence-electron chi connectivity index (χ4n) is 1.12. The van der Waals surface area contributed by atoms with E-state index in [0.29, 0.717) is 5.52 Å². The van der Waals surface area contributed by atoms with Gasteiger partial charge < -0.3 is 14.8 Å². The average Bonchev–Trinajstić information content (AvgIpc) is 2.48. The molecular formula is C7H7BN2O3. The lowest BCUT2D eigenvalue weighted by atomic mass is 10.3. The predicted molar refractivity (Wildman–Crippen MR) is 46.5 cm³/mol. The van der Waals surface area contributed by atoms with Gasteiger partial charge in [-0.05, 0) is 6.07 Å². The van der Waals surface area contributed by atoms with Crippen LogP contribution >= 0.6 is 0 Å². The maximum Gasteiger partial charge on any atom is 0.729 e. The van der Waals surface area contributed by atoms with Gasteiger partial charge in [0.05, 0.1) is 6.20 Å². The number of aromatic nitrogens is 2. The Kier molecular flexibility index (Phi) is 1.92. The van der Waals surface area contributed by atoms with E-state index in [4.69, 9.17) is 10.0 Å². The summed E-state index contributed by atoms with van der Waals surface area (Å²) in [6, 6.07) is 7.30. The fraction of sp³-hybridized carbons (Fsp3) is 0. The molecule has 0 spiro atoms. The number of rotatable bonds is 2. The lowest BCUT2D eigenvalue weighted by Crippen LogP contribution is -2.29. The third-order valence-electron chi connectivity index (χ3n) is 1.64. The monoisotopic (exact) mass is 178 g/mol. The summed E-state index contributed by atoms with van der Waals surface area (Å²) in [4.78, 5) is 1.07. The standard InChI is InChI=1S/C7H7BN2O3/c11-8(12)13-10-7-4-2-1-3-6(7)5-9-10/h1-5,11-12H. The van der Waals surface area contributed by atoms with Crippen LogP contribution in [0.2, 0.25) is 0 Å². The van der Waals surface area contributed by atoms with Crippen LogP contribution in [0.3, 0.4) is 0 Å². The van der Waals surface area contributed by atoms with Crippen molar-refractivity contribution in [3.8, 4) is 0 Å². The van der Waals surface area contributed by atoms with Gasteiger partial charge in [0.25, 0.3) is 0 Å². The molecule has 66 valence electrons. The highest BCUT2D eigenvalue weighted by atomic mass is 16.7. The second-order valence-electron chi connectivity index (χ2n) is 2.51. The molecule has 5 nitrogen and oxygen atoms in total. The van der Waals surface area contributed by atoms with E-state index in [1.54, 1.807) is 12.3 Å². The molecule has 1 aromatic heterocycles. The Morgan fingerprint density at radius 2 is 2.08 bits per heavy atom. The Balaban J connectivity index is 2.46. The molecule has 1 heterocycles. The van der Waals surface area contributed by atoms with Crippen LogP contribution in [0.1, 0.15) is 0 Å². The summed E-state index contributed by atoms with van der Waals surface area (Å²) in [6.07, 6.45) is 1.58. The molecule has 0 unspecified atom stereocenters. The van der Waals surface area contributed by atoms with E-state index in [1.165, 1.54) is 0 Å². The molecule has 0 amide bonds. The first-order valence-corrected chi connectivity index (χ1v) is 3.73. The first kappa shape index (κ1) is 8.09. The van der Waals surface area contributed by atoms with Gasteiger partial charge in [-0.1, -0.05) is 18.2 Å². The van der Waals surface area contributed by atoms with Gasteiger partial charge >= 0.3 is 7.32 Å². The van der Waals surface area contributed by atoms with E-state index >= 15 is 0 Å². The van der Waals surface area contributed by atoms with Crippen molar-refractivity contribution in [1.82, 2.24) is 9.94 Å². The molecule has 2 N–H and O–H groups in total. The summed E-state index contributed by atoms with van der Waals surface area (Å²) in [5, 5.41) is 21.8. The van der Waals surface area contributed by atoms with Crippen LogP contribution in [0.25, 0.3) is 10.9 Å². The molecule has 0 aliphatic heterocycles. The SMILES string of the molecule is OB(O)On1ncc2ccccc21. The molecule has 2 aromatic rings. The normalized spacial score (nSPS) is 10.3. The molecule has 0 bridgehead atoms. The van der Waals surface area contributed by atoms with Gasteiger partial charge in [0, 0.05) is 5.39 Å². The number of hydrogen-bond donors (Lipinski definition) is 2. The summed E-state index contributed by atoms with van der Waals surface area (Å²) < 4.78 is 4.58. The molecule has 0 saturated heterocycles. The summed E-state index contributed by atoms with van der Waals surface area (Å²) >= 11 is 0. The Morgan fingerprint density at radius 1 is 1.31 bits per heavy atom. The van der Waals surface area contributed by atoms with Crippen LogP contribution in [0.5, 0.6) is 0 Å². The summed E-state index contributed by atoms with van der Waals surface area (Å²) in [7, 11) is -1.86. The number of hydrogen-bond acceptors (Lipinski definition) is 4. The minimum Gasteiger partial charge on any atom is -0.405 e. The quantitative estimate of drug-likeness (QED) is 0.604. The maximum absolute atomic E-state index is 8.56. The molecule has 2 rings (SSSR count). The number of nitrogens with zero attached hydrogens (tertiary/aromatic N) is 2. The Hall–Kier alpha value is -1.53. The summed E-state index contributed by atoms with van der Waals surface area (Å²) in [6.45, 7) is 0. The molecule has 13 heavy (non-hydrogen) atoms. The zero-order valence-electron chi connectivity index (χ0n) is 6.66. The highest BCUT2D eigenvalue weighted by Gasteiger charge is 2.13. The minimum absolute atomic E-state index is 0.690. The highest BCUT2D eigenvalue weighted by Crippen LogP contribution is 2.10. The van der Waals surface area contributed by atoms with E-state index in [-0.39, 0.29) is 0 Å². The van der Waals surface area contributed by atoms with Crippen molar-refractivity contribution < 1.29 is 14.8 Å². The van der Waals surface area contributed by atoms with E-state index in [0.717, 1.165) is 10.2 Å². The summed E-state index contributed by atoms with van der Waals surface area (Å²) in [5.74, 6) is 0. The molecule has 0 radical (unpaired) electrons. The highest BCUT2D eigenvalue weighted by molar-refractivity contribution is 6.32. The van der Waals surface area contributed by atoms with Crippen LogP contribution in [-0.2, 0) is 0 Å². The Bertz CT molecular complexity index is 415. The topological polar surface area (TPSA) is 67.5 Å². The predicted octanol–water partition coefficient (Wildman–Crippen LogP) is -0.566. The molecule has 1 aromatic carbocycles. The zero-order chi connectivity index (χ0) is 9.26. The second-order valence-corrected chi connectivity index (χ2v) is 2.51. The molecular weight excluding hydrogens is 171 g/mol. The number of fused-ring (bicyclic) bond motifs is 1. The maximum atomic E-state index is 8.56. The van der Waals surface area contributed by atoms with Gasteiger partial charge in [-0.3, -0.25) is 0 Å². The van der Waals surface area contributed by atoms with Crippen LogP contribution < -0.4 is 4.76 Å². The third kappa shape index (κ3) is 1.49. The van der Waals surface area contributed by atoms with Crippen LogP contribution in [0.15, 0.2) is 30.5 Å². The van der Waals surface area contributed by atoms with Crippen molar-refractivity contribution in [2.75, 3.05) is 0 Å². The van der Waals surface area contributed by atoms with Crippen molar-refractivity contribution >= 4 is 18.2 Å². The first-order valence-electron chi connectivity index (χ1n) is 3.73. The van der Waals surface area contributed by atoms with E-state index in [9.17, 15) is 0 Å². The third-order valence-corrected chi connectivity index (χ3v) is 1.64. The second kappa shape index (κ2) is 3.08.